The van der Waals surface area contributed by atoms with Gasteiger partial charge >= 0.3 is 0 Å². The second kappa shape index (κ2) is 6.73. The van der Waals surface area contributed by atoms with Crippen LogP contribution in [-0.4, -0.2) is 33.3 Å². The minimum atomic E-state index is -4.10. The van der Waals surface area contributed by atoms with Gasteiger partial charge < -0.3 is 0 Å². The number of nitrogens with zero attached hydrogens (tertiary/aromatic N) is 1. The lowest BCUT2D eigenvalue weighted by Crippen LogP contribution is -2.16. The van der Waals surface area contributed by atoms with E-state index in [4.69, 9.17) is 0 Å². The average molecular weight is 434 g/mol. The van der Waals surface area contributed by atoms with Crippen LogP contribution in [0, 0.1) is 0 Å². The molecule has 0 saturated carbocycles. The number of benzene rings is 2. The lowest BCUT2D eigenvalue weighted by molar-refractivity contribution is 0.588. The monoisotopic (exact) mass is 433 g/mol. The minimum absolute atomic E-state index is 0.245. The Bertz CT molecular complexity index is 1370. The molecule has 2 aromatic heterocycles. The Morgan fingerprint density at radius 2 is 1.75 bits per heavy atom. The van der Waals surface area contributed by atoms with Gasteiger partial charge in [-0.2, -0.15) is 16.4 Å². The molecule has 28 heavy (non-hydrogen) atoms. The average Bonchev–Trinajstić information content (AvgIpc) is 3.29. The summed E-state index contributed by atoms with van der Waals surface area (Å²) in [6.07, 6.45) is 0.978. The van der Waals surface area contributed by atoms with Crippen LogP contribution in [0.2, 0.25) is 0 Å². The highest BCUT2D eigenvalue weighted by molar-refractivity contribution is 7.95. The van der Waals surface area contributed by atoms with Crippen molar-refractivity contribution in [2.45, 2.75) is 9.79 Å². The number of hydrogen-bond donors (Lipinski definition) is 2. The third kappa shape index (κ3) is 3.41. The molecule has 0 amide bonds. The lowest BCUT2D eigenvalue weighted by Gasteiger charge is -2.11. The predicted molar refractivity (Wildman–Crippen MR) is 110 cm³/mol. The van der Waals surface area contributed by atoms with Crippen LogP contribution in [0.4, 0.5) is 5.69 Å². The Morgan fingerprint density at radius 3 is 2.43 bits per heavy atom. The van der Waals surface area contributed by atoms with Gasteiger partial charge in [-0.25, -0.2) is 16.8 Å². The van der Waals surface area contributed by atoms with Crippen molar-refractivity contribution in [2.24, 2.45) is 0 Å². The predicted octanol–water partition coefficient (Wildman–Crippen LogP) is 3.50. The molecule has 0 spiro atoms. The Labute approximate surface area is 166 Å². The molecule has 144 valence electrons. The van der Waals surface area contributed by atoms with Crippen molar-refractivity contribution < 1.29 is 16.8 Å². The molecule has 0 unspecified atom stereocenters. The number of nitrogens with one attached hydrogen (secondary N) is 2. The standard InChI is InChI=1S/C18H15N3O4S3/c1-27(22,23)16-4-2-3-5-17(16)28(24,25)21-13-6-7-15-14(10-13)18(20-19-15)12-8-9-26-11-12/h2-11,21H,1H3,(H,19,20). The van der Waals surface area contributed by atoms with E-state index >= 15 is 0 Å². The molecule has 0 aliphatic carbocycles. The maximum Gasteiger partial charge on any atom is 0.263 e. The van der Waals surface area contributed by atoms with Crippen molar-refractivity contribution in [3.63, 3.8) is 0 Å². The summed E-state index contributed by atoms with van der Waals surface area (Å²) in [7, 11) is -7.81. The second-order valence-corrected chi connectivity index (χ2v) is 10.6. The minimum Gasteiger partial charge on any atom is -0.280 e. The lowest BCUT2D eigenvalue weighted by atomic mass is 10.1. The third-order valence-corrected chi connectivity index (χ3v) is 7.55. The molecule has 7 nitrogen and oxygen atoms in total. The summed E-state index contributed by atoms with van der Waals surface area (Å²) in [5.41, 5.74) is 2.72. The third-order valence-electron chi connectivity index (χ3n) is 4.15. The van der Waals surface area contributed by atoms with E-state index in [1.165, 1.54) is 35.6 Å². The molecule has 0 bridgehead atoms. The van der Waals surface area contributed by atoms with Crippen molar-refractivity contribution in [1.29, 1.82) is 0 Å². The Kier molecular flexibility index (Phi) is 4.48. The highest BCUT2D eigenvalue weighted by atomic mass is 32.2. The van der Waals surface area contributed by atoms with Crippen LogP contribution in [0.15, 0.2) is 69.1 Å². The van der Waals surface area contributed by atoms with Crippen molar-refractivity contribution >= 4 is 47.8 Å². The Balaban J connectivity index is 1.77. The van der Waals surface area contributed by atoms with Gasteiger partial charge in [0.2, 0.25) is 0 Å². The summed E-state index contributed by atoms with van der Waals surface area (Å²) in [6, 6.07) is 12.4. The first-order valence-electron chi connectivity index (χ1n) is 8.08. The van der Waals surface area contributed by atoms with Crippen LogP contribution < -0.4 is 4.72 Å². The summed E-state index contributed by atoms with van der Waals surface area (Å²) >= 11 is 1.54. The van der Waals surface area contributed by atoms with Gasteiger partial charge in [-0.3, -0.25) is 9.82 Å². The summed E-state index contributed by atoms with van der Waals surface area (Å²) in [5, 5.41) is 11.9. The van der Waals surface area contributed by atoms with Crippen LogP contribution in [0.3, 0.4) is 0 Å². The molecule has 0 saturated heterocycles. The number of thiophene rings is 1. The van der Waals surface area contributed by atoms with Crippen molar-refractivity contribution in [3.8, 4) is 11.3 Å². The van der Waals surface area contributed by atoms with E-state index in [0.29, 0.717) is 11.4 Å². The summed E-state index contributed by atoms with van der Waals surface area (Å²) in [6.45, 7) is 0. The first kappa shape index (κ1) is 18.7. The Morgan fingerprint density at radius 1 is 1.00 bits per heavy atom. The molecule has 0 fully saturated rings. The van der Waals surface area contributed by atoms with Gasteiger partial charge in [0.05, 0.1) is 10.4 Å². The van der Waals surface area contributed by atoms with Crippen LogP contribution in [-0.2, 0) is 19.9 Å². The molecule has 10 heteroatoms. The number of aromatic nitrogens is 2. The van der Waals surface area contributed by atoms with Gasteiger partial charge in [-0.1, -0.05) is 12.1 Å². The zero-order chi connectivity index (χ0) is 19.9. The molecule has 0 radical (unpaired) electrons. The number of sulfonamides is 1. The summed E-state index contributed by atoms with van der Waals surface area (Å²) in [5.74, 6) is 0. The molecule has 2 aromatic carbocycles. The largest absolute Gasteiger partial charge is 0.280 e. The molecule has 0 aliphatic heterocycles. The zero-order valence-corrected chi connectivity index (χ0v) is 17.0. The fourth-order valence-corrected chi connectivity index (χ4v) is 6.21. The normalized spacial score (nSPS) is 12.3. The van der Waals surface area contributed by atoms with E-state index in [-0.39, 0.29) is 9.79 Å². The maximum absolute atomic E-state index is 12.9. The molecule has 2 heterocycles. The SMILES string of the molecule is CS(=O)(=O)c1ccccc1S(=O)(=O)Nc1ccc2[nH]nc(-c3ccsc3)c2c1. The fourth-order valence-electron chi connectivity index (χ4n) is 2.89. The molecular weight excluding hydrogens is 418 g/mol. The van der Waals surface area contributed by atoms with Crippen LogP contribution in [0.5, 0.6) is 0 Å². The number of fused-ring (bicyclic) bond motifs is 1. The maximum atomic E-state index is 12.9. The molecular formula is C18H15N3O4S3. The first-order valence-corrected chi connectivity index (χ1v) is 12.4. The molecule has 4 rings (SSSR count). The first-order chi connectivity index (χ1) is 13.3. The van der Waals surface area contributed by atoms with E-state index < -0.39 is 19.9 Å². The van der Waals surface area contributed by atoms with Crippen LogP contribution >= 0.6 is 11.3 Å². The zero-order valence-electron chi connectivity index (χ0n) is 14.6. The smallest absolute Gasteiger partial charge is 0.263 e. The molecule has 4 aromatic rings. The number of hydrogen-bond acceptors (Lipinski definition) is 6. The summed E-state index contributed by atoms with van der Waals surface area (Å²) in [4.78, 5) is -0.534. The molecule has 0 atom stereocenters. The Hall–Kier alpha value is -2.69. The second-order valence-electron chi connectivity index (χ2n) is 6.17. The van der Waals surface area contributed by atoms with Crippen molar-refractivity contribution in [1.82, 2.24) is 10.2 Å². The van der Waals surface area contributed by atoms with E-state index in [0.717, 1.165) is 22.7 Å². The van der Waals surface area contributed by atoms with Gasteiger partial charge in [-0.15, -0.1) is 0 Å². The van der Waals surface area contributed by atoms with Crippen LogP contribution in [0.25, 0.3) is 22.2 Å². The molecule has 0 aliphatic rings. The number of sulfone groups is 1. The summed E-state index contributed by atoms with van der Waals surface area (Å²) < 4.78 is 52.1. The van der Waals surface area contributed by atoms with Crippen molar-refractivity contribution in [3.05, 3.63) is 59.3 Å². The van der Waals surface area contributed by atoms with E-state index in [1.807, 2.05) is 16.8 Å². The van der Waals surface area contributed by atoms with Crippen molar-refractivity contribution in [2.75, 3.05) is 11.0 Å². The van der Waals surface area contributed by atoms with Crippen LogP contribution in [0.1, 0.15) is 0 Å². The van der Waals surface area contributed by atoms with Gasteiger partial charge in [0, 0.05) is 28.3 Å². The van der Waals surface area contributed by atoms with E-state index in [9.17, 15) is 16.8 Å². The number of rotatable bonds is 5. The van der Waals surface area contributed by atoms with E-state index in [2.05, 4.69) is 14.9 Å². The number of H-pyrrole nitrogens is 1. The molecule has 2 N–H and O–H groups in total. The fraction of sp³-hybridized carbons (Fsp3) is 0.0556. The van der Waals surface area contributed by atoms with Gasteiger partial charge in [-0.05, 0) is 41.8 Å². The van der Waals surface area contributed by atoms with Gasteiger partial charge in [0.1, 0.15) is 10.6 Å². The number of aromatic amines is 1. The van der Waals surface area contributed by atoms with Gasteiger partial charge in [0.25, 0.3) is 10.0 Å². The van der Waals surface area contributed by atoms with Gasteiger partial charge in [0.15, 0.2) is 9.84 Å². The topological polar surface area (TPSA) is 109 Å². The highest BCUT2D eigenvalue weighted by Crippen LogP contribution is 2.31. The highest BCUT2D eigenvalue weighted by Gasteiger charge is 2.24. The quantitative estimate of drug-likeness (QED) is 0.501. The number of anilines is 1. The van der Waals surface area contributed by atoms with E-state index in [1.54, 1.807) is 18.2 Å².